The summed E-state index contributed by atoms with van der Waals surface area (Å²) < 4.78 is 0. The van der Waals surface area contributed by atoms with Gasteiger partial charge in [0.05, 0.1) is 0 Å². The molecule has 64 valence electrons. The van der Waals surface area contributed by atoms with Gasteiger partial charge in [0, 0.05) is 5.41 Å². The van der Waals surface area contributed by atoms with Crippen LogP contribution < -0.4 is 0 Å². The summed E-state index contributed by atoms with van der Waals surface area (Å²) in [6.07, 6.45) is 14.7. The average Bonchev–Trinajstić information content (AvgIpc) is 2.07. The minimum absolute atomic E-state index is 0.170. The number of rotatable bonds is 2. The van der Waals surface area contributed by atoms with E-state index >= 15 is 0 Å². The molecule has 0 heterocycles. The van der Waals surface area contributed by atoms with Crippen molar-refractivity contribution in [1.29, 1.82) is 0 Å². The predicted octanol–water partition coefficient (Wildman–Crippen LogP) is 3.50. The highest BCUT2D eigenvalue weighted by Gasteiger charge is 2.24. The second-order valence-electron chi connectivity index (χ2n) is 3.49. The van der Waals surface area contributed by atoms with Crippen LogP contribution >= 0.6 is 0 Å². The molecular weight excluding hydrogens is 144 g/mol. The van der Waals surface area contributed by atoms with Gasteiger partial charge in [-0.2, -0.15) is 0 Å². The molecule has 2 unspecified atom stereocenters. The second-order valence-corrected chi connectivity index (χ2v) is 3.49. The fourth-order valence-corrected chi connectivity index (χ4v) is 1.34. The first-order valence-electron chi connectivity index (χ1n) is 4.35. The third-order valence-corrected chi connectivity index (χ3v) is 2.54. The summed E-state index contributed by atoms with van der Waals surface area (Å²) in [5, 5.41) is 0. The van der Waals surface area contributed by atoms with Crippen LogP contribution in [0.5, 0.6) is 0 Å². The third kappa shape index (κ3) is 1.76. The minimum Gasteiger partial charge on any atom is -0.0991 e. The first-order chi connectivity index (χ1) is 5.69. The highest BCUT2D eigenvalue weighted by molar-refractivity contribution is 5.24. The molecule has 0 N–H and O–H groups in total. The largest absolute Gasteiger partial charge is 0.0991 e. The molecule has 0 radical (unpaired) electrons. The van der Waals surface area contributed by atoms with E-state index < -0.39 is 0 Å². The molecule has 1 rings (SSSR count). The molecular formula is C12H16. The van der Waals surface area contributed by atoms with Crippen molar-refractivity contribution in [3.8, 4) is 0 Å². The van der Waals surface area contributed by atoms with E-state index in [2.05, 4.69) is 50.8 Å². The van der Waals surface area contributed by atoms with Crippen molar-refractivity contribution in [1.82, 2.24) is 0 Å². The molecule has 0 saturated heterocycles. The molecule has 0 amide bonds. The van der Waals surface area contributed by atoms with Crippen LogP contribution in [0.4, 0.5) is 0 Å². The molecule has 0 aromatic rings. The van der Waals surface area contributed by atoms with E-state index in [1.807, 2.05) is 12.2 Å². The molecule has 0 heteroatoms. The fraction of sp³-hybridized carbons (Fsp3) is 0.333. The van der Waals surface area contributed by atoms with Gasteiger partial charge < -0.3 is 0 Å². The predicted molar refractivity (Wildman–Crippen MR) is 54.9 cm³/mol. The fourth-order valence-electron chi connectivity index (χ4n) is 1.34. The highest BCUT2D eigenvalue weighted by atomic mass is 14.3. The van der Waals surface area contributed by atoms with E-state index in [1.54, 1.807) is 0 Å². The number of hydrogen-bond donors (Lipinski definition) is 0. The zero-order valence-electron chi connectivity index (χ0n) is 7.83. The molecule has 0 spiro atoms. The van der Waals surface area contributed by atoms with Crippen molar-refractivity contribution in [3.05, 3.63) is 49.1 Å². The molecule has 0 aliphatic heterocycles. The monoisotopic (exact) mass is 160 g/mol. The molecule has 0 bridgehead atoms. The van der Waals surface area contributed by atoms with Gasteiger partial charge in [0.2, 0.25) is 0 Å². The number of hydrogen-bond acceptors (Lipinski definition) is 0. The van der Waals surface area contributed by atoms with Crippen LogP contribution in [0.1, 0.15) is 13.8 Å². The molecule has 2 atom stereocenters. The van der Waals surface area contributed by atoms with Crippen LogP contribution in [0.3, 0.4) is 0 Å². The van der Waals surface area contributed by atoms with Crippen molar-refractivity contribution in [2.24, 2.45) is 11.3 Å². The number of allylic oxidation sites excluding steroid dienone is 7. The lowest BCUT2D eigenvalue weighted by Gasteiger charge is -2.29. The van der Waals surface area contributed by atoms with Crippen LogP contribution in [-0.2, 0) is 0 Å². The summed E-state index contributed by atoms with van der Waals surface area (Å²) in [6.45, 7) is 8.14. The summed E-state index contributed by atoms with van der Waals surface area (Å²) in [6, 6.07) is 0. The van der Waals surface area contributed by atoms with Gasteiger partial charge in [-0.05, 0) is 5.92 Å². The average molecular weight is 160 g/mol. The van der Waals surface area contributed by atoms with Crippen LogP contribution in [0, 0.1) is 11.3 Å². The van der Waals surface area contributed by atoms with Gasteiger partial charge in [0.25, 0.3) is 0 Å². The van der Waals surface area contributed by atoms with Crippen LogP contribution in [0.2, 0.25) is 0 Å². The Labute approximate surface area is 75.0 Å². The minimum atomic E-state index is 0.170. The van der Waals surface area contributed by atoms with Crippen molar-refractivity contribution < 1.29 is 0 Å². The van der Waals surface area contributed by atoms with Gasteiger partial charge in [0.15, 0.2) is 0 Å². The molecule has 1 aliphatic carbocycles. The van der Waals surface area contributed by atoms with Gasteiger partial charge in [-0.25, -0.2) is 0 Å². The normalized spacial score (nSPS) is 34.3. The molecule has 0 aromatic carbocycles. The molecule has 1 aliphatic rings. The summed E-state index contributed by atoms with van der Waals surface area (Å²) in [5.74, 6) is 0.568. The van der Waals surface area contributed by atoms with Crippen LogP contribution in [-0.4, -0.2) is 0 Å². The van der Waals surface area contributed by atoms with Crippen LogP contribution in [0.25, 0.3) is 0 Å². The van der Waals surface area contributed by atoms with E-state index in [9.17, 15) is 0 Å². The van der Waals surface area contributed by atoms with E-state index in [-0.39, 0.29) is 5.41 Å². The highest BCUT2D eigenvalue weighted by Crippen LogP contribution is 2.34. The van der Waals surface area contributed by atoms with Crippen molar-refractivity contribution >= 4 is 0 Å². The topological polar surface area (TPSA) is 0 Å². The van der Waals surface area contributed by atoms with Gasteiger partial charge >= 0.3 is 0 Å². The Morgan fingerprint density at radius 2 is 2.17 bits per heavy atom. The van der Waals surface area contributed by atoms with E-state index in [4.69, 9.17) is 0 Å². The van der Waals surface area contributed by atoms with E-state index in [1.165, 1.54) is 0 Å². The Hall–Kier alpha value is -1.04. The van der Waals surface area contributed by atoms with Crippen molar-refractivity contribution in [3.63, 3.8) is 0 Å². The quantitative estimate of drug-likeness (QED) is 0.542. The molecule has 0 saturated carbocycles. The zero-order valence-corrected chi connectivity index (χ0v) is 7.83. The lowest BCUT2D eigenvalue weighted by molar-refractivity contribution is 0.419. The summed E-state index contributed by atoms with van der Waals surface area (Å²) in [4.78, 5) is 0. The zero-order chi connectivity index (χ0) is 9.03. The van der Waals surface area contributed by atoms with Gasteiger partial charge in [0.1, 0.15) is 0 Å². The lowest BCUT2D eigenvalue weighted by atomic mass is 9.75. The standard InChI is InChI=1S/C12H16/c1-4-5-9-12(3)10-7-6-8-11(12)2/h4-11H,1H2,2-3H3. The maximum Gasteiger partial charge on any atom is 0.00990 e. The summed E-state index contributed by atoms with van der Waals surface area (Å²) >= 11 is 0. The molecule has 12 heavy (non-hydrogen) atoms. The third-order valence-electron chi connectivity index (χ3n) is 2.54. The van der Waals surface area contributed by atoms with Gasteiger partial charge in [-0.15, -0.1) is 0 Å². The SMILES string of the molecule is C=CC=CC1(C)C=CC=CC1C. The first kappa shape index (κ1) is 9.05. The van der Waals surface area contributed by atoms with Gasteiger partial charge in [-0.1, -0.05) is 63.0 Å². The van der Waals surface area contributed by atoms with Gasteiger partial charge in [-0.3, -0.25) is 0 Å². The molecule has 0 nitrogen and oxygen atoms in total. The lowest BCUT2D eigenvalue weighted by Crippen LogP contribution is -2.20. The maximum absolute atomic E-state index is 3.67. The smallest absolute Gasteiger partial charge is 0.00990 e. The Bertz CT molecular complexity index is 243. The van der Waals surface area contributed by atoms with Crippen LogP contribution in [0.15, 0.2) is 49.1 Å². The second kappa shape index (κ2) is 3.57. The van der Waals surface area contributed by atoms with E-state index in [0.717, 1.165) is 0 Å². The Morgan fingerprint density at radius 1 is 1.42 bits per heavy atom. The summed E-state index contributed by atoms with van der Waals surface area (Å²) in [5.41, 5.74) is 0.170. The Balaban J connectivity index is 2.82. The van der Waals surface area contributed by atoms with E-state index in [0.29, 0.717) is 5.92 Å². The Morgan fingerprint density at radius 3 is 2.75 bits per heavy atom. The Kier molecular flexibility index (Phi) is 2.69. The maximum atomic E-state index is 3.67. The van der Waals surface area contributed by atoms with Crippen molar-refractivity contribution in [2.75, 3.05) is 0 Å². The van der Waals surface area contributed by atoms with Crippen molar-refractivity contribution in [2.45, 2.75) is 13.8 Å². The molecule has 0 fully saturated rings. The molecule has 0 aromatic heterocycles. The summed E-state index contributed by atoms with van der Waals surface area (Å²) in [7, 11) is 0. The first-order valence-corrected chi connectivity index (χ1v) is 4.35.